The van der Waals surface area contributed by atoms with Gasteiger partial charge in [0.05, 0.1) is 0 Å². The highest BCUT2D eigenvalue weighted by molar-refractivity contribution is 5.36. The van der Waals surface area contributed by atoms with Crippen molar-refractivity contribution in [3.8, 4) is 0 Å². The summed E-state index contributed by atoms with van der Waals surface area (Å²) in [5, 5.41) is 0. The average molecular weight is 246 g/mol. The average Bonchev–Trinajstić information content (AvgIpc) is 3.02. The summed E-state index contributed by atoms with van der Waals surface area (Å²) in [7, 11) is 0. The van der Waals surface area contributed by atoms with Crippen LogP contribution in [0.5, 0.6) is 0 Å². The van der Waals surface area contributed by atoms with Crippen LogP contribution >= 0.6 is 0 Å². The van der Waals surface area contributed by atoms with Crippen molar-refractivity contribution < 1.29 is 0 Å². The Labute approximate surface area is 113 Å². The second-order valence-corrected chi connectivity index (χ2v) is 8.72. The van der Waals surface area contributed by atoms with Gasteiger partial charge in [0.15, 0.2) is 0 Å². The minimum Gasteiger partial charge on any atom is -0.0628 e. The van der Waals surface area contributed by atoms with Crippen molar-refractivity contribution in [2.45, 2.75) is 72.1 Å². The second kappa shape index (κ2) is 3.55. The molecule has 18 heavy (non-hydrogen) atoms. The third-order valence-electron chi connectivity index (χ3n) is 7.61. The summed E-state index contributed by atoms with van der Waals surface area (Å²) in [5.74, 6) is 5.59. The highest BCUT2D eigenvalue weighted by Crippen LogP contribution is 2.94. The van der Waals surface area contributed by atoms with E-state index in [-0.39, 0.29) is 0 Å². The Morgan fingerprint density at radius 2 is 2.06 bits per heavy atom. The van der Waals surface area contributed by atoms with E-state index < -0.39 is 0 Å². The normalized spacial score (nSPS) is 56.0. The summed E-state index contributed by atoms with van der Waals surface area (Å²) in [6.07, 6.45) is 12.4. The first kappa shape index (κ1) is 11.8. The van der Waals surface area contributed by atoms with Gasteiger partial charge in [-0.15, -0.1) is 0 Å². The van der Waals surface area contributed by atoms with Crippen LogP contribution in [0.4, 0.5) is 0 Å². The van der Waals surface area contributed by atoms with Gasteiger partial charge in [-0.1, -0.05) is 46.5 Å². The molecule has 0 bridgehead atoms. The first-order valence-electron chi connectivity index (χ1n) is 8.59. The molecule has 0 amide bonds. The van der Waals surface area contributed by atoms with Crippen LogP contribution in [-0.4, -0.2) is 0 Å². The van der Waals surface area contributed by atoms with Gasteiger partial charge in [0.2, 0.25) is 0 Å². The van der Waals surface area contributed by atoms with Gasteiger partial charge in [0.25, 0.3) is 0 Å². The van der Waals surface area contributed by atoms with Gasteiger partial charge < -0.3 is 0 Å². The molecular formula is C18H30. The Morgan fingerprint density at radius 1 is 1.22 bits per heavy atom. The summed E-state index contributed by atoms with van der Waals surface area (Å²) in [6, 6.07) is 0. The van der Waals surface area contributed by atoms with Crippen LogP contribution in [0, 0.1) is 40.4 Å². The molecule has 4 aliphatic carbocycles. The SMILES string of the molecule is CC(C)CCCC1CCCC2CC3C2C32CC12C. The third kappa shape index (κ3) is 1.28. The highest BCUT2D eigenvalue weighted by Gasteiger charge is 2.89. The Kier molecular flexibility index (Phi) is 2.33. The standard InChI is InChI=1S/C18H30/c1-12(2)6-4-8-14-9-5-7-13-10-15-16(13)18(15)11-17(14,18)3/h12-16H,4-11H2,1-3H3. The van der Waals surface area contributed by atoms with E-state index >= 15 is 0 Å². The van der Waals surface area contributed by atoms with E-state index in [4.69, 9.17) is 0 Å². The van der Waals surface area contributed by atoms with E-state index in [9.17, 15) is 0 Å². The molecule has 0 aliphatic heterocycles. The van der Waals surface area contributed by atoms with E-state index in [1.54, 1.807) is 38.5 Å². The van der Waals surface area contributed by atoms with Crippen LogP contribution in [0.3, 0.4) is 0 Å². The molecule has 4 rings (SSSR count). The molecule has 6 unspecified atom stereocenters. The monoisotopic (exact) mass is 246 g/mol. The molecule has 0 heteroatoms. The van der Waals surface area contributed by atoms with Crippen molar-refractivity contribution in [2.24, 2.45) is 40.4 Å². The van der Waals surface area contributed by atoms with E-state index in [1.165, 1.54) is 30.6 Å². The van der Waals surface area contributed by atoms with Crippen molar-refractivity contribution in [1.82, 2.24) is 0 Å². The van der Waals surface area contributed by atoms with Gasteiger partial charge in [-0.05, 0) is 66.1 Å². The maximum Gasteiger partial charge on any atom is -0.0170 e. The van der Waals surface area contributed by atoms with Crippen molar-refractivity contribution in [3.63, 3.8) is 0 Å². The second-order valence-electron chi connectivity index (χ2n) is 8.72. The topological polar surface area (TPSA) is 0 Å². The molecule has 4 aliphatic rings. The van der Waals surface area contributed by atoms with Crippen LogP contribution in [-0.2, 0) is 0 Å². The van der Waals surface area contributed by atoms with Gasteiger partial charge in [-0.2, -0.15) is 0 Å². The molecule has 0 saturated heterocycles. The number of rotatable bonds is 4. The lowest BCUT2D eigenvalue weighted by Crippen LogP contribution is -2.20. The predicted molar refractivity (Wildman–Crippen MR) is 76.3 cm³/mol. The smallest absolute Gasteiger partial charge is 0.0170 e. The van der Waals surface area contributed by atoms with Crippen LogP contribution in [0.25, 0.3) is 0 Å². The zero-order chi connectivity index (χ0) is 12.5. The largest absolute Gasteiger partial charge is 0.0628 e. The zero-order valence-electron chi connectivity index (χ0n) is 12.5. The molecule has 0 nitrogen and oxygen atoms in total. The fourth-order valence-electron chi connectivity index (χ4n) is 6.55. The molecule has 0 heterocycles. The molecule has 0 aromatic rings. The van der Waals surface area contributed by atoms with Crippen molar-refractivity contribution in [1.29, 1.82) is 0 Å². The van der Waals surface area contributed by atoms with E-state index in [0.29, 0.717) is 0 Å². The van der Waals surface area contributed by atoms with Crippen molar-refractivity contribution >= 4 is 0 Å². The highest BCUT2D eigenvalue weighted by atomic mass is 14.9. The Bertz CT molecular complexity index is 357. The fraction of sp³-hybridized carbons (Fsp3) is 1.00. The summed E-state index contributed by atoms with van der Waals surface area (Å²) in [6.45, 7) is 7.43. The van der Waals surface area contributed by atoms with Crippen LogP contribution in [0.2, 0.25) is 0 Å². The molecule has 6 atom stereocenters. The number of hydrogen-bond acceptors (Lipinski definition) is 0. The molecule has 4 saturated carbocycles. The quantitative estimate of drug-likeness (QED) is 0.633. The minimum absolute atomic E-state index is 0.800. The van der Waals surface area contributed by atoms with Gasteiger partial charge in [-0.3, -0.25) is 0 Å². The zero-order valence-corrected chi connectivity index (χ0v) is 12.5. The Hall–Kier alpha value is 0. The molecule has 102 valence electrons. The molecule has 1 spiro atoms. The van der Waals surface area contributed by atoms with Gasteiger partial charge in [0.1, 0.15) is 0 Å². The van der Waals surface area contributed by atoms with Gasteiger partial charge >= 0.3 is 0 Å². The van der Waals surface area contributed by atoms with Gasteiger partial charge in [-0.25, -0.2) is 0 Å². The molecule has 4 fully saturated rings. The fourth-order valence-corrected chi connectivity index (χ4v) is 6.55. The van der Waals surface area contributed by atoms with Crippen molar-refractivity contribution in [3.05, 3.63) is 0 Å². The van der Waals surface area contributed by atoms with Crippen LogP contribution in [0.1, 0.15) is 72.1 Å². The van der Waals surface area contributed by atoms with Gasteiger partial charge in [0, 0.05) is 0 Å². The lowest BCUT2D eigenvalue weighted by atomic mass is 9.75. The number of hydrogen-bond donors (Lipinski definition) is 0. The van der Waals surface area contributed by atoms with Crippen molar-refractivity contribution in [2.75, 3.05) is 0 Å². The summed E-state index contributed by atoms with van der Waals surface area (Å²) in [5.41, 5.74) is 1.72. The molecule has 0 aromatic carbocycles. The lowest BCUT2D eigenvalue weighted by Gasteiger charge is -2.30. The molecule has 0 N–H and O–H groups in total. The maximum atomic E-state index is 2.67. The Morgan fingerprint density at radius 3 is 2.83 bits per heavy atom. The Balaban J connectivity index is 1.44. The first-order valence-corrected chi connectivity index (χ1v) is 8.59. The van der Waals surface area contributed by atoms with E-state index in [1.807, 2.05) is 0 Å². The van der Waals surface area contributed by atoms with E-state index in [0.717, 1.165) is 22.7 Å². The predicted octanol–water partition coefficient (Wildman–Crippen LogP) is 5.28. The van der Waals surface area contributed by atoms with Crippen LogP contribution in [0.15, 0.2) is 0 Å². The van der Waals surface area contributed by atoms with Crippen LogP contribution < -0.4 is 0 Å². The summed E-state index contributed by atoms with van der Waals surface area (Å²) >= 11 is 0. The molecule has 0 radical (unpaired) electrons. The molecular weight excluding hydrogens is 216 g/mol. The summed E-state index contributed by atoms with van der Waals surface area (Å²) in [4.78, 5) is 0. The third-order valence-corrected chi connectivity index (χ3v) is 7.61. The summed E-state index contributed by atoms with van der Waals surface area (Å²) < 4.78 is 0. The molecule has 0 aromatic heterocycles. The maximum absolute atomic E-state index is 2.67. The lowest BCUT2D eigenvalue weighted by molar-refractivity contribution is 0.202. The van der Waals surface area contributed by atoms with E-state index in [2.05, 4.69) is 20.8 Å². The first-order chi connectivity index (χ1) is 8.59. The minimum atomic E-state index is 0.800.